The first-order valence-electron chi connectivity index (χ1n) is 11.9. The summed E-state index contributed by atoms with van der Waals surface area (Å²) < 4.78 is 2.43. The lowest BCUT2D eigenvalue weighted by Crippen LogP contribution is -2.59. The molecule has 0 spiro atoms. The predicted molar refractivity (Wildman–Crippen MR) is 129 cm³/mol. The van der Waals surface area contributed by atoms with E-state index in [1.165, 1.54) is 22.2 Å². The molecule has 1 aromatic carbocycles. The number of aromatic nitrogens is 1. The van der Waals surface area contributed by atoms with Crippen LogP contribution < -0.4 is 0 Å². The molecule has 2 aromatic rings. The Kier molecular flexibility index (Phi) is 7.12. The first-order chi connectivity index (χ1) is 15.0. The Balaban J connectivity index is 0.000000645. The third kappa shape index (κ3) is 3.58. The van der Waals surface area contributed by atoms with Crippen LogP contribution in [0.2, 0.25) is 0 Å². The number of aliphatic hydroxyl groups is 1. The maximum absolute atomic E-state index is 12.8. The highest BCUT2D eigenvalue weighted by Crippen LogP contribution is 2.52. The number of rotatable bonds is 0. The number of piperidine rings is 1. The van der Waals surface area contributed by atoms with Crippen LogP contribution in [0.25, 0.3) is 10.9 Å². The largest absolute Gasteiger partial charge is 0.400 e. The second-order valence-electron chi connectivity index (χ2n) is 9.17. The van der Waals surface area contributed by atoms with Crippen LogP contribution in [0.15, 0.2) is 35.9 Å². The van der Waals surface area contributed by atoms with Crippen LogP contribution in [0.1, 0.15) is 58.7 Å². The molecule has 1 saturated carbocycles. The molecule has 170 valence electrons. The van der Waals surface area contributed by atoms with Gasteiger partial charge in [-0.15, -0.1) is 0 Å². The second kappa shape index (κ2) is 9.30. The lowest BCUT2D eigenvalue weighted by atomic mass is 9.61. The number of para-hydroxylation sites is 1. The SMILES string of the molecule is C/C=C1\CC2CN3CCc4c(n(C)c5ccccc45)[C@]3(C)CC2[C@@H](C)C1=O.CC.CO. The molecule has 1 aliphatic carbocycles. The van der Waals surface area contributed by atoms with E-state index in [-0.39, 0.29) is 11.5 Å². The molecule has 2 unspecified atom stereocenters. The van der Waals surface area contributed by atoms with Crippen molar-refractivity contribution in [1.29, 1.82) is 0 Å². The van der Waals surface area contributed by atoms with E-state index >= 15 is 0 Å². The number of allylic oxidation sites excluding steroid dienone is 2. The number of Topliss-reactive ketones (excluding diaryl/α,β-unsaturated/α-hetero) is 1. The van der Waals surface area contributed by atoms with E-state index in [2.05, 4.69) is 60.7 Å². The van der Waals surface area contributed by atoms with Gasteiger partial charge in [0.15, 0.2) is 5.78 Å². The van der Waals surface area contributed by atoms with Crippen molar-refractivity contribution in [2.24, 2.45) is 24.8 Å². The Hall–Kier alpha value is -1.91. The molecule has 1 N–H and O–H groups in total. The van der Waals surface area contributed by atoms with Gasteiger partial charge in [0.1, 0.15) is 0 Å². The molecule has 4 atom stereocenters. The molecule has 31 heavy (non-hydrogen) atoms. The van der Waals surface area contributed by atoms with Crippen molar-refractivity contribution in [1.82, 2.24) is 9.47 Å². The standard InChI is InChI=1S/C24H30N2O.C2H6.CH4O/c1-5-16-12-17-14-26-11-10-19-18-8-6-7-9-21(18)25(4)23(19)24(26,3)13-20(17)15(2)22(16)27;2*1-2/h5-9,15,17,20H,10-14H2,1-4H3;1-2H3;2H,1H3/b16-5+;;/t15-,17?,20?,24+;;/m1../s1. The summed E-state index contributed by atoms with van der Waals surface area (Å²) in [5, 5.41) is 8.42. The Bertz CT molecular complexity index is 973. The summed E-state index contributed by atoms with van der Waals surface area (Å²) in [6, 6.07) is 8.84. The van der Waals surface area contributed by atoms with Gasteiger partial charge in [0.2, 0.25) is 0 Å². The van der Waals surface area contributed by atoms with Gasteiger partial charge < -0.3 is 9.67 Å². The smallest absolute Gasteiger partial charge is 0.161 e. The number of hydrogen-bond acceptors (Lipinski definition) is 3. The number of hydrogen-bond donors (Lipinski definition) is 1. The van der Waals surface area contributed by atoms with Crippen LogP contribution in [-0.2, 0) is 23.8 Å². The normalized spacial score (nSPS) is 31.0. The highest BCUT2D eigenvalue weighted by Gasteiger charge is 2.52. The molecule has 0 radical (unpaired) electrons. The third-order valence-corrected chi connectivity index (χ3v) is 7.95. The van der Waals surface area contributed by atoms with E-state index in [4.69, 9.17) is 5.11 Å². The highest BCUT2D eigenvalue weighted by atomic mass is 16.2. The quantitative estimate of drug-likeness (QED) is 0.600. The van der Waals surface area contributed by atoms with Gasteiger partial charge >= 0.3 is 0 Å². The molecule has 1 saturated heterocycles. The summed E-state index contributed by atoms with van der Waals surface area (Å²) >= 11 is 0. The molecule has 2 fully saturated rings. The maximum Gasteiger partial charge on any atom is 0.161 e. The number of aliphatic hydroxyl groups excluding tert-OH is 1. The Morgan fingerprint density at radius 1 is 1.19 bits per heavy atom. The fourth-order valence-corrected chi connectivity index (χ4v) is 6.55. The zero-order valence-corrected chi connectivity index (χ0v) is 20.4. The lowest BCUT2D eigenvalue weighted by molar-refractivity contribution is -0.127. The van der Waals surface area contributed by atoms with Gasteiger partial charge in [0.25, 0.3) is 0 Å². The van der Waals surface area contributed by atoms with Crippen molar-refractivity contribution in [3.05, 3.63) is 47.2 Å². The van der Waals surface area contributed by atoms with E-state index in [1.54, 1.807) is 0 Å². The molecule has 0 bridgehead atoms. The molecule has 3 aliphatic rings. The van der Waals surface area contributed by atoms with Gasteiger partial charge in [0, 0.05) is 49.8 Å². The van der Waals surface area contributed by atoms with E-state index in [1.807, 2.05) is 20.8 Å². The lowest BCUT2D eigenvalue weighted by Gasteiger charge is -2.56. The maximum atomic E-state index is 12.8. The fraction of sp³-hybridized carbons (Fsp3) is 0.593. The summed E-state index contributed by atoms with van der Waals surface area (Å²) in [6.07, 6.45) is 5.26. The average Bonchev–Trinajstić information content (AvgIpc) is 3.11. The van der Waals surface area contributed by atoms with E-state index in [9.17, 15) is 4.79 Å². The van der Waals surface area contributed by atoms with Crippen LogP contribution in [0.4, 0.5) is 0 Å². The van der Waals surface area contributed by atoms with Crippen LogP contribution in [0.3, 0.4) is 0 Å². The summed E-state index contributed by atoms with van der Waals surface area (Å²) in [6.45, 7) is 12.9. The van der Waals surface area contributed by atoms with Crippen molar-refractivity contribution in [2.45, 2.75) is 59.4 Å². The summed E-state index contributed by atoms with van der Waals surface area (Å²) in [5.41, 5.74) is 5.47. The number of aryl methyl sites for hydroxylation is 1. The minimum absolute atomic E-state index is 0.0322. The Morgan fingerprint density at radius 2 is 1.87 bits per heavy atom. The molecule has 3 heterocycles. The zero-order valence-electron chi connectivity index (χ0n) is 20.4. The average molecular weight is 425 g/mol. The number of carbonyl (C=O) groups is 1. The number of ketones is 1. The van der Waals surface area contributed by atoms with Crippen molar-refractivity contribution in [2.75, 3.05) is 20.2 Å². The molecular weight excluding hydrogens is 384 g/mol. The van der Waals surface area contributed by atoms with Crippen LogP contribution in [-0.4, -0.2) is 40.6 Å². The van der Waals surface area contributed by atoms with Gasteiger partial charge in [-0.25, -0.2) is 0 Å². The summed E-state index contributed by atoms with van der Waals surface area (Å²) in [4.78, 5) is 15.6. The molecule has 4 nitrogen and oxygen atoms in total. The predicted octanol–water partition coefficient (Wildman–Crippen LogP) is 5.08. The Labute approximate surface area is 187 Å². The van der Waals surface area contributed by atoms with E-state index < -0.39 is 0 Å². The molecule has 2 aliphatic heterocycles. The number of benzene rings is 1. The van der Waals surface area contributed by atoms with Gasteiger partial charge in [-0.3, -0.25) is 9.69 Å². The minimum atomic E-state index is 0.0322. The first kappa shape index (κ1) is 23.7. The second-order valence-corrected chi connectivity index (χ2v) is 9.17. The molecule has 1 aromatic heterocycles. The van der Waals surface area contributed by atoms with Crippen molar-refractivity contribution in [3.63, 3.8) is 0 Å². The first-order valence-corrected chi connectivity index (χ1v) is 11.9. The van der Waals surface area contributed by atoms with Crippen LogP contribution in [0.5, 0.6) is 0 Å². The van der Waals surface area contributed by atoms with Gasteiger partial charge in [-0.2, -0.15) is 0 Å². The van der Waals surface area contributed by atoms with E-state index in [0.717, 1.165) is 45.0 Å². The van der Waals surface area contributed by atoms with Crippen molar-refractivity contribution >= 4 is 16.7 Å². The molecular formula is C27H40N2O2. The summed E-state index contributed by atoms with van der Waals surface area (Å²) in [5.74, 6) is 1.65. The molecule has 0 amide bonds. The van der Waals surface area contributed by atoms with Gasteiger partial charge in [-0.1, -0.05) is 45.0 Å². The summed E-state index contributed by atoms with van der Waals surface area (Å²) in [7, 11) is 3.23. The monoisotopic (exact) mass is 424 g/mol. The van der Waals surface area contributed by atoms with Crippen molar-refractivity contribution in [3.8, 4) is 0 Å². The van der Waals surface area contributed by atoms with Gasteiger partial charge in [0.05, 0.1) is 5.54 Å². The topological polar surface area (TPSA) is 45.5 Å². The van der Waals surface area contributed by atoms with Crippen LogP contribution in [0, 0.1) is 17.8 Å². The number of nitrogens with zero attached hydrogens (tertiary/aromatic N) is 2. The third-order valence-electron chi connectivity index (χ3n) is 7.95. The Morgan fingerprint density at radius 3 is 2.55 bits per heavy atom. The van der Waals surface area contributed by atoms with Crippen molar-refractivity contribution < 1.29 is 9.90 Å². The zero-order chi connectivity index (χ0) is 22.9. The van der Waals surface area contributed by atoms with E-state index in [0.29, 0.717) is 17.6 Å². The highest BCUT2D eigenvalue weighted by molar-refractivity contribution is 5.98. The molecule has 5 rings (SSSR count). The number of fused-ring (bicyclic) bond motifs is 6. The van der Waals surface area contributed by atoms with Crippen LogP contribution >= 0.6 is 0 Å². The minimum Gasteiger partial charge on any atom is -0.400 e. The number of carbonyl (C=O) groups excluding carboxylic acids is 1. The fourth-order valence-electron chi connectivity index (χ4n) is 6.55. The van der Waals surface area contributed by atoms with Gasteiger partial charge in [-0.05, 0) is 62.1 Å². The molecule has 4 heteroatoms.